The van der Waals surface area contributed by atoms with Crippen LogP contribution in [-0.4, -0.2) is 65.9 Å². The van der Waals surface area contributed by atoms with E-state index in [9.17, 15) is 4.79 Å². The maximum absolute atomic E-state index is 12.6. The van der Waals surface area contributed by atoms with E-state index in [-0.39, 0.29) is 5.91 Å². The van der Waals surface area contributed by atoms with Crippen molar-refractivity contribution in [1.29, 1.82) is 0 Å². The Morgan fingerprint density at radius 1 is 1.23 bits per heavy atom. The Kier molecular flexibility index (Phi) is 6.34. The number of amides is 1. The third-order valence-electron chi connectivity index (χ3n) is 5.68. The molecule has 7 heteroatoms. The standard InChI is InChI=1S/C24H29N5O2/c1-27-9-11-29(12-10-27)16-20-13-18(15-26-24(20)25)7-8-23(30)28(2)17-21-14-19-5-3-4-6-22(19)31-21/h3-8,13-15H,9-12,16-17H2,1-2H3,(H2,25,26)/b8-7+. The summed E-state index contributed by atoms with van der Waals surface area (Å²) in [4.78, 5) is 23.2. The first-order chi connectivity index (χ1) is 15.0. The Balaban J connectivity index is 1.38. The number of carbonyl (C=O) groups excluding carboxylic acids is 1. The van der Waals surface area contributed by atoms with Crippen LogP contribution < -0.4 is 5.73 Å². The summed E-state index contributed by atoms with van der Waals surface area (Å²) in [6.07, 6.45) is 5.05. The summed E-state index contributed by atoms with van der Waals surface area (Å²) in [5.41, 5.74) is 8.79. The zero-order valence-corrected chi connectivity index (χ0v) is 18.1. The quantitative estimate of drug-likeness (QED) is 0.619. The number of fused-ring (bicyclic) bond motifs is 1. The highest BCUT2D eigenvalue weighted by Crippen LogP contribution is 2.20. The van der Waals surface area contributed by atoms with Gasteiger partial charge in [-0.15, -0.1) is 0 Å². The van der Waals surface area contributed by atoms with Crippen molar-refractivity contribution in [3.05, 3.63) is 65.6 Å². The van der Waals surface area contributed by atoms with Gasteiger partial charge in [0.05, 0.1) is 6.54 Å². The van der Waals surface area contributed by atoms with Crippen LogP contribution in [0.15, 0.2) is 53.1 Å². The largest absolute Gasteiger partial charge is 0.459 e. The number of likely N-dealkylation sites (N-methyl/N-ethyl adjacent to an activating group) is 2. The third kappa shape index (κ3) is 5.31. The second-order valence-electron chi connectivity index (χ2n) is 8.17. The number of nitrogens with zero attached hydrogens (tertiary/aromatic N) is 4. The van der Waals surface area contributed by atoms with Gasteiger partial charge in [0.2, 0.25) is 5.91 Å². The minimum atomic E-state index is -0.0992. The van der Waals surface area contributed by atoms with Crippen molar-refractivity contribution in [3.8, 4) is 0 Å². The number of aromatic nitrogens is 1. The predicted molar refractivity (Wildman–Crippen MR) is 123 cm³/mol. The fourth-order valence-corrected chi connectivity index (χ4v) is 3.73. The van der Waals surface area contributed by atoms with Crippen LogP contribution in [0.1, 0.15) is 16.9 Å². The van der Waals surface area contributed by atoms with E-state index in [4.69, 9.17) is 10.2 Å². The van der Waals surface area contributed by atoms with Gasteiger partial charge < -0.3 is 20.0 Å². The lowest BCUT2D eigenvalue weighted by Gasteiger charge is -2.32. The number of piperazine rings is 1. The summed E-state index contributed by atoms with van der Waals surface area (Å²) >= 11 is 0. The Morgan fingerprint density at radius 2 is 2.00 bits per heavy atom. The first kappa shape index (κ1) is 21.1. The molecule has 0 bridgehead atoms. The molecular formula is C24H29N5O2. The summed E-state index contributed by atoms with van der Waals surface area (Å²) in [7, 11) is 3.90. The first-order valence-electron chi connectivity index (χ1n) is 10.5. The molecule has 1 aliphatic heterocycles. The molecule has 0 aliphatic carbocycles. The number of furan rings is 1. The fourth-order valence-electron chi connectivity index (χ4n) is 3.73. The maximum Gasteiger partial charge on any atom is 0.246 e. The second-order valence-corrected chi connectivity index (χ2v) is 8.17. The molecule has 1 aliphatic rings. The molecule has 0 spiro atoms. The van der Waals surface area contributed by atoms with E-state index in [2.05, 4.69) is 21.8 Å². The van der Waals surface area contributed by atoms with Gasteiger partial charge in [-0.2, -0.15) is 0 Å². The van der Waals surface area contributed by atoms with E-state index in [1.165, 1.54) is 0 Å². The lowest BCUT2D eigenvalue weighted by molar-refractivity contribution is -0.125. The predicted octanol–water partition coefficient (Wildman–Crippen LogP) is 2.83. The minimum absolute atomic E-state index is 0.0992. The highest BCUT2D eigenvalue weighted by Gasteiger charge is 2.15. The molecule has 31 heavy (non-hydrogen) atoms. The van der Waals surface area contributed by atoms with Gasteiger partial charge in [0.25, 0.3) is 0 Å². The molecule has 1 saturated heterocycles. The first-order valence-corrected chi connectivity index (χ1v) is 10.5. The number of benzene rings is 1. The van der Waals surface area contributed by atoms with Gasteiger partial charge in [-0.3, -0.25) is 9.69 Å². The number of hydrogen-bond donors (Lipinski definition) is 1. The SMILES string of the molecule is CN1CCN(Cc2cc(/C=C/C(=O)N(C)Cc3cc4ccccc4o3)cnc2N)CC1. The van der Waals surface area contributed by atoms with E-state index in [0.717, 1.165) is 60.6 Å². The lowest BCUT2D eigenvalue weighted by atomic mass is 10.1. The molecular weight excluding hydrogens is 390 g/mol. The van der Waals surface area contributed by atoms with Crippen molar-refractivity contribution < 1.29 is 9.21 Å². The van der Waals surface area contributed by atoms with Gasteiger partial charge in [0.15, 0.2) is 0 Å². The van der Waals surface area contributed by atoms with Gasteiger partial charge in [-0.05, 0) is 36.9 Å². The Bertz CT molecular complexity index is 1050. The Labute approximate surface area is 182 Å². The van der Waals surface area contributed by atoms with E-state index in [1.54, 1.807) is 30.3 Å². The number of nitrogen functional groups attached to an aromatic ring is 1. The van der Waals surface area contributed by atoms with Crippen LogP contribution in [-0.2, 0) is 17.9 Å². The van der Waals surface area contributed by atoms with Crippen molar-refractivity contribution in [3.63, 3.8) is 0 Å². The molecule has 2 N–H and O–H groups in total. The molecule has 1 fully saturated rings. The molecule has 0 radical (unpaired) electrons. The van der Waals surface area contributed by atoms with Crippen molar-refractivity contribution in [1.82, 2.24) is 19.7 Å². The molecule has 3 heterocycles. The average molecular weight is 420 g/mol. The van der Waals surface area contributed by atoms with Crippen LogP contribution in [0, 0.1) is 0 Å². The third-order valence-corrected chi connectivity index (χ3v) is 5.68. The van der Waals surface area contributed by atoms with Gasteiger partial charge in [-0.1, -0.05) is 18.2 Å². The number of rotatable bonds is 6. The Hall–Kier alpha value is -3.16. The smallest absolute Gasteiger partial charge is 0.246 e. The number of nitrogens with two attached hydrogens (primary N) is 1. The van der Waals surface area contributed by atoms with E-state index in [0.29, 0.717) is 12.4 Å². The van der Waals surface area contributed by atoms with Crippen LogP contribution in [0.2, 0.25) is 0 Å². The maximum atomic E-state index is 12.6. The van der Waals surface area contributed by atoms with Crippen LogP contribution in [0.4, 0.5) is 5.82 Å². The highest BCUT2D eigenvalue weighted by molar-refractivity contribution is 5.91. The molecule has 2 aromatic heterocycles. The average Bonchev–Trinajstić information content (AvgIpc) is 3.17. The molecule has 0 unspecified atom stereocenters. The molecule has 162 valence electrons. The fraction of sp³-hybridized carbons (Fsp3) is 0.333. The zero-order chi connectivity index (χ0) is 21.8. The summed E-state index contributed by atoms with van der Waals surface area (Å²) in [5, 5.41) is 1.04. The number of hydrogen-bond acceptors (Lipinski definition) is 6. The summed E-state index contributed by atoms with van der Waals surface area (Å²) in [5.74, 6) is 1.20. The topological polar surface area (TPSA) is 78.8 Å². The van der Waals surface area contributed by atoms with Crippen LogP contribution in [0.5, 0.6) is 0 Å². The molecule has 0 saturated carbocycles. The van der Waals surface area contributed by atoms with Crippen LogP contribution >= 0.6 is 0 Å². The van der Waals surface area contributed by atoms with Gasteiger partial charge in [0, 0.05) is 63.0 Å². The molecule has 1 aromatic carbocycles. The van der Waals surface area contributed by atoms with E-state index in [1.807, 2.05) is 36.4 Å². The van der Waals surface area contributed by atoms with Crippen molar-refractivity contribution in [2.75, 3.05) is 46.0 Å². The molecule has 7 nitrogen and oxygen atoms in total. The normalized spacial score (nSPS) is 15.7. The summed E-state index contributed by atoms with van der Waals surface area (Å²) in [6.45, 7) is 5.32. The Morgan fingerprint density at radius 3 is 2.77 bits per heavy atom. The van der Waals surface area contributed by atoms with Gasteiger partial charge in [-0.25, -0.2) is 4.98 Å². The van der Waals surface area contributed by atoms with Crippen LogP contribution in [0.25, 0.3) is 17.0 Å². The molecule has 0 atom stereocenters. The van der Waals surface area contributed by atoms with Crippen molar-refractivity contribution in [2.24, 2.45) is 0 Å². The second kappa shape index (κ2) is 9.32. The van der Waals surface area contributed by atoms with E-state index >= 15 is 0 Å². The molecule has 3 aromatic rings. The van der Waals surface area contributed by atoms with E-state index < -0.39 is 0 Å². The summed E-state index contributed by atoms with van der Waals surface area (Å²) < 4.78 is 5.81. The zero-order valence-electron chi connectivity index (χ0n) is 18.1. The van der Waals surface area contributed by atoms with Crippen molar-refractivity contribution >= 4 is 28.8 Å². The molecule has 1 amide bonds. The number of para-hydroxylation sites is 1. The monoisotopic (exact) mass is 419 g/mol. The van der Waals surface area contributed by atoms with Crippen molar-refractivity contribution in [2.45, 2.75) is 13.1 Å². The molecule has 4 rings (SSSR count). The van der Waals surface area contributed by atoms with Gasteiger partial charge >= 0.3 is 0 Å². The summed E-state index contributed by atoms with van der Waals surface area (Å²) in [6, 6.07) is 11.8. The number of carbonyl (C=O) groups is 1. The highest BCUT2D eigenvalue weighted by atomic mass is 16.3. The number of pyridine rings is 1. The lowest BCUT2D eigenvalue weighted by Crippen LogP contribution is -2.44. The van der Waals surface area contributed by atoms with Crippen LogP contribution in [0.3, 0.4) is 0 Å². The van der Waals surface area contributed by atoms with Gasteiger partial charge in [0.1, 0.15) is 17.2 Å². The minimum Gasteiger partial charge on any atom is -0.459 e. The number of anilines is 1.